The minimum atomic E-state index is 0.187. The van der Waals surface area contributed by atoms with Crippen molar-refractivity contribution >= 4 is 11.8 Å². The average Bonchev–Trinajstić information content (AvgIpc) is 2.93. The summed E-state index contributed by atoms with van der Waals surface area (Å²) in [5.74, 6) is 2.01. The minimum Gasteiger partial charge on any atom is -0.303 e. The maximum absolute atomic E-state index is 4.38. The molecule has 2 heterocycles. The summed E-state index contributed by atoms with van der Waals surface area (Å²) in [4.78, 5) is 13.1. The molecule has 2 aromatic heterocycles. The highest BCUT2D eigenvalue weighted by molar-refractivity contribution is 7.99. The number of aromatic nitrogens is 5. The van der Waals surface area contributed by atoms with Crippen molar-refractivity contribution < 1.29 is 0 Å². The number of thioether (sulfide) groups is 1. The molecule has 0 spiro atoms. The fraction of sp³-hybridized carbons (Fsp3) is 0.571. The second-order valence-corrected chi connectivity index (χ2v) is 5.87. The van der Waals surface area contributed by atoms with Crippen LogP contribution in [0.25, 0.3) is 0 Å². The van der Waals surface area contributed by atoms with Crippen LogP contribution >= 0.6 is 11.8 Å². The van der Waals surface area contributed by atoms with E-state index in [1.807, 2.05) is 24.1 Å². The van der Waals surface area contributed by atoms with Crippen molar-refractivity contribution in [1.82, 2.24) is 30.0 Å². The fourth-order valence-electron chi connectivity index (χ4n) is 1.98. The summed E-state index contributed by atoms with van der Waals surface area (Å²) < 4.78 is 1.81. The van der Waals surface area contributed by atoms with Gasteiger partial charge in [-0.3, -0.25) is 4.68 Å². The third-order valence-corrected chi connectivity index (χ3v) is 4.22. The second kappa shape index (κ2) is 8.09. The first kappa shape index (κ1) is 15.9. The average molecular weight is 306 g/mol. The molecule has 1 unspecified atom stereocenters. The maximum atomic E-state index is 4.38. The zero-order valence-electron chi connectivity index (χ0n) is 12.8. The molecule has 2 rings (SSSR count). The smallest absolute Gasteiger partial charge is 0.187 e. The number of hydrogen-bond acceptors (Lipinski definition) is 6. The Hall–Kier alpha value is -1.47. The first-order valence-electron chi connectivity index (χ1n) is 7.25. The molecule has 7 heteroatoms. The molecule has 1 atom stereocenters. The van der Waals surface area contributed by atoms with Gasteiger partial charge in [-0.2, -0.15) is 5.10 Å². The van der Waals surface area contributed by atoms with E-state index in [2.05, 4.69) is 39.2 Å². The lowest BCUT2D eigenvalue weighted by atomic mass is 10.2. The zero-order valence-corrected chi connectivity index (χ0v) is 13.6. The largest absolute Gasteiger partial charge is 0.303 e. The molecule has 0 aromatic carbocycles. The molecule has 0 aliphatic heterocycles. The zero-order chi connectivity index (χ0) is 15.1. The molecule has 0 amide bonds. The van der Waals surface area contributed by atoms with Gasteiger partial charge in [0.25, 0.3) is 0 Å². The summed E-state index contributed by atoms with van der Waals surface area (Å²) in [6.07, 6.45) is 7.45. The van der Waals surface area contributed by atoms with Crippen LogP contribution in [0.3, 0.4) is 0 Å². The summed E-state index contributed by atoms with van der Waals surface area (Å²) in [6, 6.07) is 0.187. The van der Waals surface area contributed by atoms with E-state index in [1.54, 1.807) is 18.1 Å². The lowest BCUT2D eigenvalue weighted by molar-refractivity contribution is 0.471. The van der Waals surface area contributed by atoms with Crippen molar-refractivity contribution in [2.75, 3.05) is 5.75 Å². The molecule has 0 radical (unpaired) electrons. The van der Waals surface area contributed by atoms with Crippen molar-refractivity contribution in [3.63, 3.8) is 0 Å². The van der Waals surface area contributed by atoms with Gasteiger partial charge in [0.1, 0.15) is 12.2 Å². The van der Waals surface area contributed by atoms with Gasteiger partial charge in [0.2, 0.25) is 0 Å². The van der Waals surface area contributed by atoms with Crippen LogP contribution in [0.1, 0.15) is 44.1 Å². The highest BCUT2D eigenvalue weighted by atomic mass is 32.2. The molecule has 114 valence electrons. The third kappa shape index (κ3) is 4.50. The lowest BCUT2D eigenvalue weighted by Crippen LogP contribution is -2.23. The van der Waals surface area contributed by atoms with Gasteiger partial charge in [-0.1, -0.05) is 25.6 Å². The molecule has 0 aliphatic rings. The normalized spacial score (nSPS) is 12.5. The Morgan fingerprint density at radius 3 is 2.57 bits per heavy atom. The number of nitrogens with zero attached hydrogens (tertiary/aromatic N) is 5. The Bertz CT molecular complexity index is 539. The van der Waals surface area contributed by atoms with Crippen LogP contribution in [0.15, 0.2) is 23.9 Å². The Balaban J connectivity index is 1.91. The summed E-state index contributed by atoms with van der Waals surface area (Å²) >= 11 is 1.69. The predicted octanol–water partition coefficient (Wildman–Crippen LogP) is 2.35. The Morgan fingerprint density at radius 2 is 2.00 bits per heavy atom. The molecule has 2 aromatic rings. The quantitative estimate of drug-likeness (QED) is 0.596. The Kier molecular flexibility index (Phi) is 6.13. The molecule has 1 N–H and O–H groups in total. The number of aryl methyl sites for hydroxylation is 1. The highest BCUT2D eigenvalue weighted by Crippen LogP contribution is 2.15. The second-order valence-electron chi connectivity index (χ2n) is 4.81. The van der Waals surface area contributed by atoms with Crippen LogP contribution in [0.2, 0.25) is 0 Å². The number of rotatable bonds is 8. The fourth-order valence-corrected chi connectivity index (χ4v) is 2.62. The SMILES string of the molecule is CCCSc1ncc(CNC(CC)c2ncnn2C)cn1. The molecule has 6 nitrogen and oxygen atoms in total. The van der Waals surface area contributed by atoms with Crippen molar-refractivity contribution in [2.24, 2.45) is 7.05 Å². The maximum Gasteiger partial charge on any atom is 0.187 e. The van der Waals surface area contributed by atoms with Crippen molar-refractivity contribution in [3.05, 3.63) is 30.1 Å². The van der Waals surface area contributed by atoms with Crippen molar-refractivity contribution in [2.45, 2.75) is 44.4 Å². The van der Waals surface area contributed by atoms with E-state index in [0.717, 1.165) is 41.7 Å². The van der Waals surface area contributed by atoms with Crippen molar-refractivity contribution in [1.29, 1.82) is 0 Å². The van der Waals surface area contributed by atoms with Crippen LogP contribution in [0.5, 0.6) is 0 Å². The summed E-state index contributed by atoms with van der Waals surface area (Å²) in [5.41, 5.74) is 1.08. The molecule has 0 saturated carbocycles. The summed E-state index contributed by atoms with van der Waals surface area (Å²) in [5, 5.41) is 8.45. The molecule has 0 fully saturated rings. The molecule has 21 heavy (non-hydrogen) atoms. The van der Waals surface area contributed by atoms with Crippen LogP contribution in [0, 0.1) is 0 Å². The van der Waals surface area contributed by atoms with E-state index >= 15 is 0 Å². The van der Waals surface area contributed by atoms with Crippen LogP contribution in [-0.4, -0.2) is 30.5 Å². The molecule has 0 bridgehead atoms. The number of nitrogens with one attached hydrogen (secondary N) is 1. The highest BCUT2D eigenvalue weighted by Gasteiger charge is 2.14. The molecular formula is C14H22N6S. The topological polar surface area (TPSA) is 68.5 Å². The van der Waals surface area contributed by atoms with Gasteiger partial charge >= 0.3 is 0 Å². The van der Waals surface area contributed by atoms with Gasteiger partial charge in [0.15, 0.2) is 5.16 Å². The van der Waals surface area contributed by atoms with E-state index < -0.39 is 0 Å². The van der Waals surface area contributed by atoms with E-state index in [9.17, 15) is 0 Å². The predicted molar refractivity (Wildman–Crippen MR) is 83.9 cm³/mol. The Morgan fingerprint density at radius 1 is 1.24 bits per heavy atom. The van der Waals surface area contributed by atoms with Gasteiger partial charge in [-0.25, -0.2) is 15.0 Å². The van der Waals surface area contributed by atoms with Crippen LogP contribution in [0.4, 0.5) is 0 Å². The van der Waals surface area contributed by atoms with Gasteiger partial charge < -0.3 is 5.32 Å². The van der Waals surface area contributed by atoms with Crippen molar-refractivity contribution in [3.8, 4) is 0 Å². The van der Waals surface area contributed by atoms with Crippen LogP contribution < -0.4 is 5.32 Å². The standard InChI is InChI=1S/C14H22N6S/c1-4-6-21-14-16-8-11(9-17-14)7-15-12(5-2)13-18-10-19-20(13)3/h8-10,12,15H,4-7H2,1-3H3. The summed E-state index contributed by atoms with van der Waals surface area (Å²) in [6.45, 7) is 5.01. The van der Waals surface area contributed by atoms with Gasteiger partial charge in [0, 0.05) is 37.3 Å². The van der Waals surface area contributed by atoms with Gasteiger partial charge in [-0.15, -0.1) is 0 Å². The van der Waals surface area contributed by atoms with E-state index in [0.29, 0.717) is 0 Å². The Labute approximate surface area is 129 Å². The van der Waals surface area contributed by atoms with Gasteiger partial charge in [-0.05, 0) is 12.8 Å². The monoisotopic (exact) mass is 306 g/mol. The lowest BCUT2D eigenvalue weighted by Gasteiger charge is -2.15. The first-order chi connectivity index (χ1) is 10.2. The van der Waals surface area contributed by atoms with E-state index in [1.165, 1.54) is 0 Å². The first-order valence-corrected chi connectivity index (χ1v) is 8.24. The molecule has 0 saturated heterocycles. The summed E-state index contributed by atoms with van der Waals surface area (Å²) in [7, 11) is 1.91. The molecule has 0 aliphatic carbocycles. The minimum absolute atomic E-state index is 0.187. The van der Waals surface area contributed by atoms with E-state index in [4.69, 9.17) is 0 Å². The van der Waals surface area contributed by atoms with Gasteiger partial charge in [0.05, 0.1) is 6.04 Å². The third-order valence-electron chi connectivity index (χ3n) is 3.14. The number of hydrogen-bond donors (Lipinski definition) is 1. The molecular weight excluding hydrogens is 284 g/mol. The van der Waals surface area contributed by atoms with Crippen LogP contribution in [-0.2, 0) is 13.6 Å². The van der Waals surface area contributed by atoms with E-state index in [-0.39, 0.29) is 6.04 Å².